The second-order valence-corrected chi connectivity index (χ2v) is 5.79. The first-order valence-corrected chi connectivity index (χ1v) is 7.79. The number of aliphatic hydroxyl groups excluding tert-OH is 1. The topological polar surface area (TPSA) is 91.5 Å². The van der Waals surface area contributed by atoms with Crippen molar-refractivity contribution in [1.29, 1.82) is 0 Å². The van der Waals surface area contributed by atoms with Gasteiger partial charge in [0.15, 0.2) is 0 Å². The molecule has 7 nitrogen and oxygen atoms in total. The number of likely N-dealkylation sites (tertiary alicyclic amines) is 1. The molecule has 23 heavy (non-hydrogen) atoms. The molecule has 1 aromatic carbocycles. The Kier molecular flexibility index (Phi) is 4.78. The molecule has 1 saturated heterocycles. The van der Waals surface area contributed by atoms with Crippen molar-refractivity contribution in [1.82, 2.24) is 20.4 Å². The molecular weight excluding hydrogens is 320 g/mol. The maximum Gasteiger partial charge on any atom is 0.318 e. The number of nitrogens with zero attached hydrogens (tertiary/aromatic N) is 3. The van der Waals surface area contributed by atoms with E-state index in [-0.39, 0.29) is 25.2 Å². The molecule has 0 spiro atoms. The van der Waals surface area contributed by atoms with E-state index in [2.05, 4.69) is 15.5 Å². The highest BCUT2D eigenvalue weighted by atomic mass is 35.5. The predicted molar refractivity (Wildman–Crippen MR) is 83.8 cm³/mol. The van der Waals surface area contributed by atoms with Crippen molar-refractivity contribution in [2.45, 2.75) is 25.4 Å². The lowest BCUT2D eigenvalue weighted by Crippen LogP contribution is -2.43. The molecule has 8 heteroatoms. The molecule has 1 aromatic heterocycles. The molecule has 3 rings (SSSR count). The molecule has 0 bridgehead atoms. The fraction of sp³-hybridized carbons (Fsp3) is 0.400. The van der Waals surface area contributed by atoms with Crippen LogP contribution in [0, 0.1) is 0 Å². The molecule has 1 aliphatic rings. The number of hydrogen-bond donors (Lipinski definition) is 2. The van der Waals surface area contributed by atoms with Crippen LogP contribution in [0.25, 0.3) is 11.4 Å². The van der Waals surface area contributed by atoms with Gasteiger partial charge in [0.25, 0.3) is 0 Å². The lowest BCUT2D eigenvalue weighted by molar-refractivity contribution is 0.156. The molecule has 2 N–H and O–H groups in total. The zero-order valence-electron chi connectivity index (χ0n) is 12.4. The molecule has 0 radical (unpaired) electrons. The molecule has 122 valence electrons. The first kappa shape index (κ1) is 15.8. The van der Waals surface area contributed by atoms with Crippen LogP contribution in [0.4, 0.5) is 4.79 Å². The summed E-state index contributed by atoms with van der Waals surface area (Å²) in [4.78, 5) is 18.0. The first-order chi connectivity index (χ1) is 11.2. The first-order valence-electron chi connectivity index (χ1n) is 7.41. The van der Waals surface area contributed by atoms with E-state index in [9.17, 15) is 9.90 Å². The number of halogens is 1. The molecular formula is C15H17ClN4O3. The Morgan fingerprint density at radius 1 is 1.52 bits per heavy atom. The molecule has 1 aliphatic heterocycles. The van der Waals surface area contributed by atoms with Crippen molar-refractivity contribution in [2.24, 2.45) is 0 Å². The number of urea groups is 1. The smallest absolute Gasteiger partial charge is 0.318 e. The van der Waals surface area contributed by atoms with Gasteiger partial charge in [-0.05, 0) is 25.0 Å². The summed E-state index contributed by atoms with van der Waals surface area (Å²) in [5.74, 6) is 0.735. The third-order valence-corrected chi connectivity index (χ3v) is 4.03. The Hall–Kier alpha value is -2.12. The van der Waals surface area contributed by atoms with E-state index in [4.69, 9.17) is 16.1 Å². The molecule has 1 atom stereocenters. The van der Waals surface area contributed by atoms with Crippen molar-refractivity contribution in [3.05, 3.63) is 35.2 Å². The Bertz CT molecular complexity index is 691. The van der Waals surface area contributed by atoms with E-state index in [1.807, 2.05) is 6.07 Å². The van der Waals surface area contributed by atoms with E-state index < -0.39 is 0 Å². The van der Waals surface area contributed by atoms with Gasteiger partial charge >= 0.3 is 6.03 Å². The summed E-state index contributed by atoms with van der Waals surface area (Å²) >= 11 is 5.94. The SMILES string of the molecule is O=C(NCc1nc(-c2cccc(Cl)c2)no1)N1CCCC1CO. The van der Waals surface area contributed by atoms with Crippen molar-refractivity contribution in [3.63, 3.8) is 0 Å². The molecule has 2 aromatic rings. The van der Waals surface area contributed by atoms with Gasteiger partial charge in [-0.1, -0.05) is 28.9 Å². The van der Waals surface area contributed by atoms with Crippen LogP contribution in [0.15, 0.2) is 28.8 Å². The van der Waals surface area contributed by atoms with E-state index in [0.717, 1.165) is 18.4 Å². The third kappa shape index (κ3) is 3.62. The zero-order valence-corrected chi connectivity index (χ0v) is 13.2. The number of nitrogens with one attached hydrogen (secondary N) is 1. The summed E-state index contributed by atoms with van der Waals surface area (Å²) < 4.78 is 5.14. The number of benzene rings is 1. The lowest BCUT2D eigenvalue weighted by atomic mass is 10.2. The highest BCUT2D eigenvalue weighted by Crippen LogP contribution is 2.20. The Labute approximate surface area is 138 Å². The molecule has 2 amide bonds. The van der Waals surface area contributed by atoms with Gasteiger partial charge in [0.05, 0.1) is 19.2 Å². The second kappa shape index (κ2) is 6.97. The van der Waals surface area contributed by atoms with Crippen LogP contribution >= 0.6 is 11.6 Å². The highest BCUT2D eigenvalue weighted by molar-refractivity contribution is 6.30. The van der Waals surface area contributed by atoms with Crippen molar-refractivity contribution in [2.75, 3.05) is 13.2 Å². The van der Waals surface area contributed by atoms with Crippen molar-refractivity contribution < 1.29 is 14.4 Å². The van der Waals surface area contributed by atoms with Gasteiger partial charge in [-0.15, -0.1) is 0 Å². The van der Waals surface area contributed by atoms with E-state index in [1.54, 1.807) is 23.1 Å². The maximum atomic E-state index is 12.1. The number of rotatable bonds is 4. The van der Waals surface area contributed by atoms with Gasteiger partial charge in [0, 0.05) is 17.1 Å². The highest BCUT2D eigenvalue weighted by Gasteiger charge is 2.28. The second-order valence-electron chi connectivity index (χ2n) is 5.35. The Morgan fingerprint density at radius 3 is 3.17 bits per heavy atom. The summed E-state index contributed by atoms with van der Waals surface area (Å²) in [7, 11) is 0. The van der Waals surface area contributed by atoms with Gasteiger partial charge in [0.1, 0.15) is 0 Å². The monoisotopic (exact) mass is 336 g/mol. The van der Waals surface area contributed by atoms with Crippen LogP contribution < -0.4 is 5.32 Å². The van der Waals surface area contributed by atoms with Gasteiger partial charge in [0.2, 0.25) is 11.7 Å². The average molecular weight is 337 g/mol. The van der Waals surface area contributed by atoms with E-state index in [0.29, 0.717) is 23.3 Å². The number of carbonyl (C=O) groups is 1. The molecule has 0 aliphatic carbocycles. The van der Waals surface area contributed by atoms with Crippen molar-refractivity contribution in [3.8, 4) is 11.4 Å². The summed E-state index contributed by atoms with van der Waals surface area (Å²) in [5.41, 5.74) is 0.749. The van der Waals surface area contributed by atoms with Gasteiger partial charge in [-0.25, -0.2) is 4.79 Å². The van der Waals surface area contributed by atoms with Crippen LogP contribution in [0.1, 0.15) is 18.7 Å². The quantitative estimate of drug-likeness (QED) is 0.891. The summed E-state index contributed by atoms with van der Waals surface area (Å²) in [6.45, 7) is 0.766. The lowest BCUT2D eigenvalue weighted by Gasteiger charge is -2.22. The van der Waals surface area contributed by atoms with Crippen LogP contribution in [0.5, 0.6) is 0 Å². The summed E-state index contributed by atoms with van der Waals surface area (Å²) in [5, 5.41) is 16.5. The molecule has 2 heterocycles. The maximum absolute atomic E-state index is 12.1. The normalized spacial score (nSPS) is 17.5. The Balaban J connectivity index is 1.60. The minimum atomic E-state index is -0.232. The number of aliphatic hydroxyl groups is 1. The third-order valence-electron chi connectivity index (χ3n) is 3.79. The van der Waals surface area contributed by atoms with Crippen LogP contribution in [-0.4, -0.2) is 45.4 Å². The molecule has 0 saturated carbocycles. The standard InChI is InChI=1S/C15H17ClN4O3/c16-11-4-1-3-10(7-11)14-18-13(23-19-14)8-17-15(22)20-6-2-5-12(20)9-21/h1,3-4,7,12,21H,2,5-6,8-9H2,(H,17,22). The number of amides is 2. The summed E-state index contributed by atoms with van der Waals surface area (Å²) in [6.07, 6.45) is 1.72. The summed E-state index contributed by atoms with van der Waals surface area (Å²) in [6, 6.07) is 6.79. The van der Waals surface area contributed by atoms with Crippen LogP contribution in [-0.2, 0) is 6.54 Å². The minimum absolute atomic E-state index is 0.0209. The number of carbonyl (C=O) groups excluding carboxylic acids is 1. The molecule has 1 unspecified atom stereocenters. The predicted octanol–water partition coefficient (Wildman–Crippen LogP) is 2.06. The Morgan fingerprint density at radius 2 is 2.39 bits per heavy atom. The largest absolute Gasteiger partial charge is 0.394 e. The van der Waals surface area contributed by atoms with Gasteiger partial charge in [-0.3, -0.25) is 0 Å². The van der Waals surface area contributed by atoms with Gasteiger partial charge in [-0.2, -0.15) is 4.98 Å². The fourth-order valence-corrected chi connectivity index (χ4v) is 2.81. The zero-order chi connectivity index (χ0) is 16.2. The average Bonchev–Trinajstić information content (AvgIpc) is 3.21. The molecule has 1 fully saturated rings. The van der Waals surface area contributed by atoms with Crippen LogP contribution in [0.3, 0.4) is 0 Å². The van der Waals surface area contributed by atoms with Gasteiger partial charge < -0.3 is 19.8 Å². The fourth-order valence-electron chi connectivity index (χ4n) is 2.62. The van der Waals surface area contributed by atoms with Crippen LogP contribution in [0.2, 0.25) is 5.02 Å². The number of aromatic nitrogens is 2. The number of hydrogen-bond acceptors (Lipinski definition) is 5. The minimum Gasteiger partial charge on any atom is -0.394 e. The van der Waals surface area contributed by atoms with E-state index in [1.165, 1.54) is 0 Å². The van der Waals surface area contributed by atoms with Crippen molar-refractivity contribution >= 4 is 17.6 Å². The van der Waals surface area contributed by atoms with E-state index >= 15 is 0 Å².